The van der Waals surface area contributed by atoms with Crippen molar-refractivity contribution in [1.29, 1.82) is 5.41 Å². The second-order valence-corrected chi connectivity index (χ2v) is 9.48. The third-order valence-corrected chi connectivity index (χ3v) is 6.70. The van der Waals surface area contributed by atoms with E-state index in [1.54, 1.807) is 12.1 Å². The number of guanidine groups is 1. The zero-order valence-corrected chi connectivity index (χ0v) is 21.1. The molecule has 12 heteroatoms. The van der Waals surface area contributed by atoms with Gasteiger partial charge in [-0.3, -0.25) is 24.8 Å². The second-order valence-electron chi connectivity index (χ2n) is 9.48. The number of hydrogen-bond donors (Lipinski definition) is 8. The molecule has 12 N–H and O–H groups in total. The Morgan fingerprint density at radius 3 is 2.14 bits per heavy atom. The second kappa shape index (κ2) is 14.8. The van der Waals surface area contributed by atoms with Gasteiger partial charge in [0.15, 0.2) is 5.96 Å². The minimum absolute atomic E-state index is 0.0320. The molecule has 1 aliphatic carbocycles. The molecule has 3 atom stereocenters. The number of rotatable bonds is 14. The maximum Gasteiger partial charge on any atom is 0.245 e. The first kappa shape index (κ1) is 29.6. The van der Waals surface area contributed by atoms with Gasteiger partial charge in [-0.1, -0.05) is 43.5 Å². The highest BCUT2D eigenvalue weighted by atomic mass is 16.3. The van der Waals surface area contributed by atoms with Crippen molar-refractivity contribution in [2.75, 3.05) is 13.2 Å². The third kappa shape index (κ3) is 9.71. The maximum absolute atomic E-state index is 13.4. The van der Waals surface area contributed by atoms with E-state index in [1.807, 2.05) is 12.1 Å². The van der Waals surface area contributed by atoms with E-state index in [0.717, 1.165) is 37.7 Å². The van der Waals surface area contributed by atoms with E-state index < -0.39 is 36.4 Å². The van der Waals surface area contributed by atoms with Gasteiger partial charge in [0.05, 0.1) is 6.61 Å². The molecule has 0 aromatic heterocycles. The fourth-order valence-corrected chi connectivity index (χ4v) is 4.62. The lowest BCUT2D eigenvalue weighted by Crippen LogP contribution is -2.55. The van der Waals surface area contributed by atoms with Gasteiger partial charge in [-0.15, -0.1) is 0 Å². The number of aliphatic hydroxyl groups is 1. The summed E-state index contributed by atoms with van der Waals surface area (Å²) in [6.07, 6.45) is 6.03. The Bertz CT molecular complexity index is 956. The number of amides is 3. The number of benzene rings is 1. The number of aliphatic hydroxyl groups excluding tert-OH is 1. The summed E-state index contributed by atoms with van der Waals surface area (Å²) in [5.41, 5.74) is 23.0. The zero-order valence-electron chi connectivity index (χ0n) is 21.1. The van der Waals surface area contributed by atoms with E-state index in [0.29, 0.717) is 18.4 Å². The number of nitrogen functional groups attached to an aromatic ring is 1. The smallest absolute Gasteiger partial charge is 0.245 e. The van der Waals surface area contributed by atoms with Gasteiger partial charge in [0, 0.05) is 18.0 Å². The van der Waals surface area contributed by atoms with Crippen LogP contribution in [0.15, 0.2) is 29.3 Å². The topological polar surface area (TPSA) is 236 Å². The van der Waals surface area contributed by atoms with Crippen molar-refractivity contribution in [3.63, 3.8) is 0 Å². The molecule has 0 spiro atoms. The third-order valence-electron chi connectivity index (χ3n) is 6.70. The van der Waals surface area contributed by atoms with Crippen LogP contribution in [0.2, 0.25) is 0 Å². The summed E-state index contributed by atoms with van der Waals surface area (Å²) >= 11 is 0. The summed E-state index contributed by atoms with van der Waals surface area (Å²) in [6.45, 7) is -0.375. The van der Waals surface area contributed by atoms with E-state index in [-0.39, 0.29) is 36.6 Å². The predicted octanol–water partition coefficient (Wildman–Crippen LogP) is -0.790. The molecule has 1 aliphatic rings. The van der Waals surface area contributed by atoms with E-state index >= 15 is 0 Å². The number of carbonyl (C=O) groups excluding carboxylic acids is 3. The van der Waals surface area contributed by atoms with Crippen LogP contribution in [0.25, 0.3) is 0 Å². The van der Waals surface area contributed by atoms with Crippen molar-refractivity contribution >= 4 is 29.5 Å². The van der Waals surface area contributed by atoms with Gasteiger partial charge in [-0.25, -0.2) is 0 Å². The van der Waals surface area contributed by atoms with E-state index in [9.17, 15) is 19.5 Å². The molecule has 0 radical (unpaired) electrons. The molecule has 204 valence electrons. The summed E-state index contributed by atoms with van der Waals surface area (Å²) in [5.74, 6) is -2.15. The molecule has 0 bridgehead atoms. The molecule has 2 rings (SSSR count). The molecule has 0 aliphatic heterocycles. The van der Waals surface area contributed by atoms with Crippen LogP contribution in [0.5, 0.6) is 0 Å². The van der Waals surface area contributed by atoms with Crippen molar-refractivity contribution in [3.05, 3.63) is 35.4 Å². The first-order valence-electron chi connectivity index (χ1n) is 12.6. The number of carbonyl (C=O) groups is 3. The Morgan fingerprint density at radius 2 is 1.59 bits per heavy atom. The van der Waals surface area contributed by atoms with Crippen molar-refractivity contribution in [1.82, 2.24) is 10.6 Å². The summed E-state index contributed by atoms with van der Waals surface area (Å²) in [6, 6.07) is 4.94. The molecule has 1 unspecified atom stereocenters. The Labute approximate surface area is 217 Å². The van der Waals surface area contributed by atoms with Crippen LogP contribution >= 0.6 is 0 Å². The number of hydrogen-bond acceptors (Lipinski definition) is 6. The normalized spacial score (nSPS) is 16.1. The number of amidine groups is 1. The van der Waals surface area contributed by atoms with E-state index in [1.165, 1.54) is 0 Å². The molecule has 1 aromatic carbocycles. The van der Waals surface area contributed by atoms with Crippen molar-refractivity contribution in [2.45, 2.75) is 63.5 Å². The number of primary amides is 1. The summed E-state index contributed by atoms with van der Waals surface area (Å²) in [7, 11) is 0. The molecule has 0 heterocycles. The molecule has 37 heavy (non-hydrogen) atoms. The lowest BCUT2D eigenvalue weighted by Gasteiger charge is -2.31. The summed E-state index contributed by atoms with van der Waals surface area (Å²) < 4.78 is 0. The first-order chi connectivity index (χ1) is 17.6. The Hall–Kier alpha value is -3.67. The Morgan fingerprint density at radius 1 is 0.973 bits per heavy atom. The molecular weight excluding hydrogens is 476 g/mol. The van der Waals surface area contributed by atoms with Crippen molar-refractivity contribution < 1.29 is 19.5 Å². The van der Waals surface area contributed by atoms with Crippen molar-refractivity contribution in [3.8, 4) is 0 Å². The fraction of sp³-hybridized carbons (Fsp3) is 0.560. The maximum atomic E-state index is 13.4. The number of nitrogens with zero attached hydrogens (tertiary/aromatic N) is 1. The Balaban J connectivity index is 2.09. The van der Waals surface area contributed by atoms with Gasteiger partial charge in [0.2, 0.25) is 17.7 Å². The van der Waals surface area contributed by atoms with Gasteiger partial charge in [0.1, 0.15) is 17.9 Å². The van der Waals surface area contributed by atoms with Gasteiger partial charge in [0.25, 0.3) is 0 Å². The molecule has 12 nitrogen and oxygen atoms in total. The van der Waals surface area contributed by atoms with Crippen LogP contribution in [0.4, 0.5) is 0 Å². The van der Waals surface area contributed by atoms with Crippen LogP contribution in [-0.2, 0) is 20.8 Å². The first-order valence-corrected chi connectivity index (χ1v) is 12.6. The summed E-state index contributed by atoms with van der Waals surface area (Å²) in [4.78, 5) is 41.9. The lowest BCUT2D eigenvalue weighted by atomic mass is 9.76. The van der Waals surface area contributed by atoms with Crippen LogP contribution < -0.4 is 33.6 Å². The SMILES string of the molecule is N=C(N)c1ccc(CC(C(=O)N[C@@H](CO)C(=O)N[C@@H](CCCN=C(N)N)C(N)=O)C2CCCCC2)cc1. The number of nitrogens with one attached hydrogen (secondary N) is 3. The highest BCUT2D eigenvalue weighted by molar-refractivity contribution is 5.95. The predicted molar refractivity (Wildman–Crippen MR) is 141 cm³/mol. The van der Waals surface area contributed by atoms with Crippen molar-refractivity contribution in [2.24, 2.45) is 39.8 Å². The lowest BCUT2D eigenvalue weighted by molar-refractivity contribution is -0.134. The highest BCUT2D eigenvalue weighted by Gasteiger charge is 2.33. The minimum Gasteiger partial charge on any atom is -0.394 e. The minimum atomic E-state index is -1.24. The van der Waals surface area contributed by atoms with Crippen LogP contribution in [0.1, 0.15) is 56.1 Å². The van der Waals surface area contributed by atoms with Crippen LogP contribution in [0.3, 0.4) is 0 Å². The molecule has 0 saturated heterocycles. The average molecular weight is 517 g/mol. The molecule has 1 saturated carbocycles. The van der Waals surface area contributed by atoms with E-state index in [4.69, 9.17) is 28.3 Å². The average Bonchev–Trinajstić information content (AvgIpc) is 2.87. The monoisotopic (exact) mass is 516 g/mol. The molecule has 3 amide bonds. The highest BCUT2D eigenvalue weighted by Crippen LogP contribution is 2.32. The number of aliphatic imine (C=N–C) groups is 1. The molecule has 1 aromatic rings. The standard InChI is InChI=1S/C25H40N8O4/c26-21(27)17-10-8-15(9-11-17)13-18(16-5-2-1-3-6-16)23(36)33-20(14-34)24(37)32-19(22(28)35)7-4-12-31-25(29)30/h8-11,16,18-20,34H,1-7,12-14H2,(H3,26,27)(H2,28,35)(H,32,37)(H,33,36)(H4,29,30,31)/t18?,19-,20-/m0/s1. The van der Waals surface area contributed by atoms with E-state index in [2.05, 4.69) is 15.6 Å². The molecule has 1 fully saturated rings. The van der Waals surface area contributed by atoms with Gasteiger partial charge in [-0.2, -0.15) is 0 Å². The Kier molecular flexibility index (Phi) is 11.8. The van der Waals surface area contributed by atoms with Gasteiger partial charge < -0.3 is 38.7 Å². The van der Waals surface area contributed by atoms with Gasteiger partial charge in [-0.05, 0) is 43.6 Å². The largest absolute Gasteiger partial charge is 0.394 e. The molecular formula is C25H40N8O4. The fourth-order valence-electron chi connectivity index (χ4n) is 4.62. The zero-order chi connectivity index (χ0) is 27.4. The van der Waals surface area contributed by atoms with Crippen LogP contribution in [-0.4, -0.2) is 59.9 Å². The quantitative estimate of drug-likeness (QED) is 0.0889. The van der Waals surface area contributed by atoms with Crippen LogP contribution in [0, 0.1) is 17.2 Å². The number of nitrogens with two attached hydrogens (primary N) is 4. The summed E-state index contributed by atoms with van der Waals surface area (Å²) in [5, 5.41) is 22.6. The van der Waals surface area contributed by atoms with Gasteiger partial charge >= 0.3 is 0 Å².